The zero-order valence-electron chi connectivity index (χ0n) is 8.70. The molecule has 0 saturated heterocycles. The van der Waals surface area contributed by atoms with E-state index in [-0.39, 0.29) is 17.7 Å². The van der Waals surface area contributed by atoms with Gasteiger partial charge in [0.1, 0.15) is 0 Å². The number of alkyl halides is 1. The molecule has 4 nitrogen and oxygen atoms in total. The number of carboxylic acid groups (broad SMARTS) is 1. The lowest BCUT2D eigenvalue weighted by Crippen LogP contribution is -2.13. The predicted molar refractivity (Wildman–Crippen MR) is 62.0 cm³/mol. The first kappa shape index (κ1) is 12.7. The summed E-state index contributed by atoms with van der Waals surface area (Å²) in [5, 5.41) is 9.44. The molecule has 86 valence electrons. The van der Waals surface area contributed by atoms with Gasteiger partial charge < -0.3 is 9.84 Å². The van der Waals surface area contributed by atoms with Gasteiger partial charge in [0, 0.05) is 5.33 Å². The molecule has 0 unspecified atom stereocenters. The van der Waals surface area contributed by atoms with Crippen molar-refractivity contribution in [1.82, 2.24) is 0 Å². The lowest BCUT2D eigenvalue weighted by atomic mass is 10.0. The number of aromatic carboxylic acids is 1. The number of ether oxygens (including phenoxy) is 1. The van der Waals surface area contributed by atoms with Crippen LogP contribution in [0.5, 0.6) is 0 Å². The van der Waals surface area contributed by atoms with Gasteiger partial charge in [-0.1, -0.05) is 28.1 Å². The van der Waals surface area contributed by atoms with E-state index in [1.165, 1.54) is 6.07 Å². The molecule has 5 heteroatoms. The second kappa shape index (κ2) is 5.65. The molecule has 0 fully saturated rings. The Morgan fingerprint density at radius 3 is 2.62 bits per heavy atom. The van der Waals surface area contributed by atoms with E-state index in [2.05, 4.69) is 15.9 Å². The standard InChI is InChI=1S/C11H11BrO4/c1-2-16-11(15)8-5-3-4-7(6-12)9(8)10(13)14/h3-5H,2,6H2,1H3,(H,13,14). The minimum Gasteiger partial charge on any atom is -0.478 e. The fraction of sp³-hybridized carbons (Fsp3) is 0.273. The lowest BCUT2D eigenvalue weighted by molar-refractivity contribution is 0.0514. The van der Waals surface area contributed by atoms with Gasteiger partial charge in [0.15, 0.2) is 0 Å². The first-order chi connectivity index (χ1) is 7.61. The van der Waals surface area contributed by atoms with Crippen molar-refractivity contribution >= 4 is 27.9 Å². The van der Waals surface area contributed by atoms with Gasteiger partial charge in [-0.15, -0.1) is 0 Å². The summed E-state index contributed by atoms with van der Waals surface area (Å²) in [6.45, 7) is 1.89. The van der Waals surface area contributed by atoms with Gasteiger partial charge in [-0.05, 0) is 18.6 Å². The Hall–Kier alpha value is -1.36. The quantitative estimate of drug-likeness (QED) is 0.682. The molecule has 1 aromatic rings. The number of carbonyl (C=O) groups excluding carboxylic acids is 1. The maximum Gasteiger partial charge on any atom is 0.339 e. The third-order valence-corrected chi connectivity index (χ3v) is 2.61. The Kier molecular flexibility index (Phi) is 4.49. The zero-order valence-corrected chi connectivity index (χ0v) is 10.3. The third kappa shape index (κ3) is 2.61. The van der Waals surface area contributed by atoms with E-state index in [9.17, 15) is 9.59 Å². The Balaban J connectivity index is 3.27. The van der Waals surface area contributed by atoms with Gasteiger partial charge in [-0.3, -0.25) is 0 Å². The molecule has 0 aromatic heterocycles. The fourth-order valence-corrected chi connectivity index (χ4v) is 1.81. The predicted octanol–water partition coefficient (Wildman–Crippen LogP) is 2.46. The molecule has 0 bridgehead atoms. The number of hydrogen-bond donors (Lipinski definition) is 1. The maximum atomic E-state index is 11.5. The maximum absolute atomic E-state index is 11.5. The number of rotatable bonds is 4. The number of halogens is 1. The summed E-state index contributed by atoms with van der Waals surface area (Å²) in [6, 6.07) is 4.74. The largest absolute Gasteiger partial charge is 0.478 e. The second-order valence-electron chi connectivity index (χ2n) is 3.00. The zero-order chi connectivity index (χ0) is 12.1. The summed E-state index contributed by atoms with van der Waals surface area (Å²) in [6.07, 6.45) is 0. The van der Waals surface area contributed by atoms with Crippen LogP contribution in [0.25, 0.3) is 0 Å². The molecule has 0 atom stereocenters. The molecule has 1 rings (SSSR count). The van der Waals surface area contributed by atoms with E-state index < -0.39 is 11.9 Å². The highest BCUT2D eigenvalue weighted by Gasteiger charge is 2.20. The molecular formula is C11H11BrO4. The Morgan fingerprint density at radius 2 is 2.12 bits per heavy atom. The molecule has 1 N–H and O–H groups in total. The van der Waals surface area contributed by atoms with Gasteiger partial charge in [0.2, 0.25) is 0 Å². The van der Waals surface area contributed by atoms with Crippen LogP contribution < -0.4 is 0 Å². The number of carbonyl (C=O) groups is 2. The monoisotopic (exact) mass is 286 g/mol. The van der Waals surface area contributed by atoms with Gasteiger partial charge in [0.25, 0.3) is 0 Å². The minimum atomic E-state index is -1.13. The van der Waals surface area contributed by atoms with Crippen molar-refractivity contribution in [1.29, 1.82) is 0 Å². The molecule has 0 aliphatic heterocycles. The van der Waals surface area contributed by atoms with Crippen LogP contribution in [0.15, 0.2) is 18.2 Å². The topological polar surface area (TPSA) is 63.6 Å². The normalized spacial score (nSPS) is 9.88. The van der Waals surface area contributed by atoms with E-state index in [0.29, 0.717) is 10.9 Å². The van der Waals surface area contributed by atoms with Crippen molar-refractivity contribution in [2.45, 2.75) is 12.3 Å². The van der Waals surface area contributed by atoms with Crippen LogP contribution in [0.3, 0.4) is 0 Å². The summed E-state index contributed by atoms with van der Waals surface area (Å²) >= 11 is 3.18. The molecule has 0 heterocycles. The van der Waals surface area contributed by atoms with Crippen molar-refractivity contribution in [3.8, 4) is 0 Å². The van der Waals surface area contributed by atoms with Crippen molar-refractivity contribution in [2.24, 2.45) is 0 Å². The van der Waals surface area contributed by atoms with Crippen molar-refractivity contribution < 1.29 is 19.4 Å². The molecule has 1 aromatic carbocycles. The first-order valence-electron chi connectivity index (χ1n) is 4.70. The molecule has 0 amide bonds. The van der Waals surface area contributed by atoms with Crippen LogP contribution in [-0.2, 0) is 10.1 Å². The van der Waals surface area contributed by atoms with Crippen LogP contribution in [0.4, 0.5) is 0 Å². The average Bonchev–Trinajstić information content (AvgIpc) is 2.28. The lowest BCUT2D eigenvalue weighted by Gasteiger charge is -2.08. The number of esters is 1. The highest BCUT2D eigenvalue weighted by Crippen LogP contribution is 2.18. The molecule has 0 spiro atoms. The minimum absolute atomic E-state index is 0.00201. The molecule has 0 aliphatic rings. The van der Waals surface area contributed by atoms with Gasteiger partial charge >= 0.3 is 11.9 Å². The SMILES string of the molecule is CCOC(=O)c1cccc(CBr)c1C(=O)O. The van der Waals surface area contributed by atoms with E-state index >= 15 is 0 Å². The van der Waals surface area contributed by atoms with Crippen LogP contribution >= 0.6 is 15.9 Å². The van der Waals surface area contributed by atoms with Crippen LogP contribution in [-0.4, -0.2) is 23.7 Å². The van der Waals surface area contributed by atoms with Crippen LogP contribution in [0.1, 0.15) is 33.2 Å². The summed E-state index contributed by atoms with van der Waals surface area (Å²) < 4.78 is 4.80. The Labute approximate surface area is 101 Å². The molecular weight excluding hydrogens is 276 g/mol. The summed E-state index contributed by atoms with van der Waals surface area (Å²) in [4.78, 5) is 22.6. The highest BCUT2D eigenvalue weighted by atomic mass is 79.9. The second-order valence-corrected chi connectivity index (χ2v) is 3.56. The van der Waals surface area contributed by atoms with E-state index in [1.807, 2.05) is 0 Å². The van der Waals surface area contributed by atoms with Gasteiger partial charge in [0.05, 0.1) is 17.7 Å². The van der Waals surface area contributed by atoms with Gasteiger partial charge in [-0.2, -0.15) is 0 Å². The van der Waals surface area contributed by atoms with Crippen molar-refractivity contribution in [2.75, 3.05) is 6.61 Å². The van der Waals surface area contributed by atoms with E-state index in [4.69, 9.17) is 9.84 Å². The summed E-state index contributed by atoms with van der Waals surface area (Å²) in [7, 11) is 0. The smallest absolute Gasteiger partial charge is 0.339 e. The number of carboxylic acids is 1. The summed E-state index contributed by atoms with van der Waals surface area (Å²) in [5.41, 5.74) is 0.641. The molecule has 0 saturated carbocycles. The molecule has 0 radical (unpaired) electrons. The Morgan fingerprint density at radius 1 is 1.44 bits per heavy atom. The number of hydrogen-bond acceptors (Lipinski definition) is 3. The third-order valence-electron chi connectivity index (χ3n) is 2.00. The summed E-state index contributed by atoms with van der Waals surface area (Å²) in [5.74, 6) is -1.74. The van der Waals surface area contributed by atoms with Crippen LogP contribution in [0, 0.1) is 0 Å². The molecule has 16 heavy (non-hydrogen) atoms. The average molecular weight is 287 g/mol. The van der Waals surface area contributed by atoms with E-state index in [0.717, 1.165) is 0 Å². The van der Waals surface area contributed by atoms with Crippen molar-refractivity contribution in [3.63, 3.8) is 0 Å². The highest BCUT2D eigenvalue weighted by molar-refractivity contribution is 9.08. The van der Waals surface area contributed by atoms with Gasteiger partial charge in [-0.25, -0.2) is 9.59 Å². The Bertz CT molecular complexity index is 414. The first-order valence-corrected chi connectivity index (χ1v) is 5.82. The van der Waals surface area contributed by atoms with Crippen molar-refractivity contribution in [3.05, 3.63) is 34.9 Å². The fourth-order valence-electron chi connectivity index (χ4n) is 1.34. The molecule has 0 aliphatic carbocycles. The van der Waals surface area contributed by atoms with Crippen LogP contribution in [0.2, 0.25) is 0 Å². The number of benzene rings is 1. The van der Waals surface area contributed by atoms with E-state index in [1.54, 1.807) is 19.1 Å².